The van der Waals surface area contributed by atoms with Crippen molar-refractivity contribution in [1.82, 2.24) is 0 Å². The molecule has 0 saturated carbocycles. The Bertz CT molecular complexity index is 597. The van der Waals surface area contributed by atoms with Gasteiger partial charge in [0.1, 0.15) is 0 Å². The van der Waals surface area contributed by atoms with Gasteiger partial charge in [-0.3, -0.25) is 0 Å². The Labute approximate surface area is 123 Å². The normalized spacial score (nSPS) is 10.4. The molecule has 19 heavy (non-hydrogen) atoms. The number of nitrogen functional groups attached to an aromatic ring is 1. The summed E-state index contributed by atoms with van der Waals surface area (Å²) in [5.41, 5.74) is 7.39. The number of esters is 1. The first-order valence-corrected chi connectivity index (χ1v) is 7.22. The van der Waals surface area contributed by atoms with Crippen LogP contribution in [0, 0.1) is 0 Å². The van der Waals surface area contributed by atoms with Gasteiger partial charge in [-0.1, -0.05) is 15.9 Å². The van der Waals surface area contributed by atoms with E-state index in [2.05, 4.69) is 20.7 Å². The zero-order valence-corrected chi connectivity index (χ0v) is 12.6. The molecular formula is C13H12BrNO3S. The van der Waals surface area contributed by atoms with Gasteiger partial charge in [0.05, 0.1) is 13.4 Å². The quantitative estimate of drug-likeness (QED) is 0.521. The molecule has 0 spiro atoms. The lowest BCUT2D eigenvalue weighted by molar-refractivity contribution is 0.0564. The first kappa shape index (κ1) is 14.0. The van der Waals surface area contributed by atoms with Gasteiger partial charge in [0.25, 0.3) is 0 Å². The molecule has 0 saturated heterocycles. The zero-order chi connectivity index (χ0) is 13.8. The van der Waals surface area contributed by atoms with Crippen molar-refractivity contribution < 1.29 is 13.9 Å². The number of carbonyl (C=O) groups is 1. The minimum atomic E-state index is -0.470. The second kappa shape index (κ2) is 6.16. The Morgan fingerprint density at radius 3 is 3.00 bits per heavy atom. The Balaban J connectivity index is 2.13. The van der Waals surface area contributed by atoms with E-state index in [9.17, 15) is 4.79 Å². The highest BCUT2D eigenvalue weighted by molar-refractivity contribution is 9.10. The van der Waals surface area contributed by atoms with Gasteiger partial charge in [0.2, 0.25) is 5.76 Å². The number of methoxy groups -OCH3 is 1. The Morgan fingerprint density at radius 1 is 1.47 bits per heavy atom. The van der Waals surface area contributed by atoms with Gasteiger partial charge in [-0.05, 0) is 24.3 Å². The van der Waals surface area contributed by atoms with E-state index in [4.69, 9.17) is 10.2 Å². The molecule has 1 aromatic carbocycles. The molecule has 0 amide bonds. The molecule has 1 aromatic heterocycles. The SMILES string of the molecule is COC(=O)c1occc1CSc1cc(Br)ccc1N. The second-order valence-electron chi connectivity index (χ2n) is 3.74. The first-order chi connectivity index (χ1) is 9.11. The fourth-order valence-electron chi connectivity index (χ4n) is 1.51. The van der Waals surface area contributed by atoms with Crippen LogP contribution in [0.3, 0.4) is 0 Å². The lowest BCUT2D eigenvalue weighted by Gasteiger charge is -2.06. The van der Waals surface area contributed by atoms with Crippen LogP contribution in [0.4, 0.5) is 5.69 Å². The summed E-state index contributed by atoms with van der Waals surface area (Å²) in [6, 6.07) is 7.42. The summed E-state index contributed by atoms with van der Waals surface area (Å²) in [7, 11) is 1.33. The number of ether oxygens (including phenoxy) is 1. The molecule has 0 aliphatic heterocycles. The van der Waals surface area contributed by atoms with Gasteiger partial charge in [-0.2, -0.15) is 0 Å². The third kappa shape index (κ3) is 3.33. The van der Waals surface area contributed by atoms with E-state index < -0.39 is 5.97 Å². The predicted octanol–water partition coefficient (Wildman–Crippen LogP) is 3.70. The number of hydrogen-bond donors (Lipinski definition) is 1. The molecule has 6 heteroatoms. The average molecular weight is 342 g/mol. The first-order valence-electron chi connectivity index (χ1n) is 5.44. The van der Waals surface area contributed by atoms with Crippen molar-refractivity contribution in [3.05, 3.63) is 46.3 Å². The average Bonchev–Trinajstić information content (AvgIpc) is 2.87. The van der Waals surface area contributed by atoms with Gasteiger partial charge >= 0.3 is 5.97 Å². The lowest BCUT2D eigenvalue weighted by atomic mass is 10.3. The van der Waals surface area contributed by atoms with Crippen LogP contribution in [0.5, 0.6) is 0 Å². The van der Waals surface area contributed by atoms with E-state index >= 15 is 0 Å². The fourth-order valence-corrected chi connectivity index (χ4v) is 3.01. The van der Waals surface area contributed by atoms with Crippen LogP contribution in [0.2, 0.25) is 0 Å². The number of halogens is 1. The topological polar surface area (TPSA) is 65.5 Å². The van der Waals surface area contributed by atoms with Crippen molar-refractivity contribution in [2.45, 2.75) is 10.6 Å². The summed E-state index contributed by atoms with van der Waals surface area (Å²) in [4.78, 5) is 12.4. The molecule has 0 radical (unpaired) electrons. The molecular weight excluding hydrogens is 330 g/mol. The molecule has 0 fully saturated rings. The molecule has 2 aromatic rings. The standard InChI is InChI=1S/C13H12BrNO3S/c1-17-13(16)12-8(4-5-18-12)7-19-11-6-9(14)2-3-10(11)15/h2-6H,7,15H2,1H3. The molecule has 0 atom stereocenters. The maximum absolute atomic E-state index is 11.5. The monoisotopic (exact) mass is 341 g/mol. The molecule has 2 N–H and O–H groups in total. The number of nitrogens with two attached hydrogens (primary N) is 1. The van der Waals surface area contributed by atoms with Crippen LogP contribution < -0.4 is 5.73 Å². The van der Waals surface area contributed by atoms with E-state index in [1.807, 2.05) is 18.2 Å². The van der Waals surface area contributed by atoms with Crippen molar-refractivity contribution >= 4 is 39.3 Å². The molecule has 0 unspecified atom stereocenters. The maximum Gasteiger partial charge on any atom is 0.374 e. The minimum Gasteiger partial charge on any atom is -0.463 e. The smallest absolute Gasteiger partial charge is 0.374 e. The highest BCUT2D eigenvalue weighted by Crippen LogP contribution is 2.31. The molecule has 4 nitrogen and oxygen atoms in total. The molecule has 100 valence electrons. The summed E-state index contributed by atoms with van der Waals surface area (Å²) < 4.78 is 10.7. The zero-order valence-electron chi connectivity index (χ0n) is 10.2. The summed E-state index contributed by atoms with van der Waals surface area (Å²) in [6.07, 6.45) is 1.48. The van der Waals surface area contributed by atoms with Crippen LogP contribution in [0.15, 0.2) is 44.3 Å². The van der Waals surface area contributed by atoms with Crippen molar-refractivity contribution in [2.24, 2.45) is 0 Å². The molecule has 1 heterocycles. The van der Waals surface area contributed by atoms with Gasteiger partial charge in [0, 0.05) is 26.4 Å². The van der Waals surface area contributed by atoms with Crippen LogP contribution >= 0.6 is 27.7 Å². The fraction of sp³-hybridized carbons (Fsp3) is 0.154. The van der Waals surface area contributed by atoms with Gasteiger partial charge < -0.3 is 14.9 Å². The summed E-state index contributed by atoms with van der Waals surface area (Å²) in [5, 5.41) is 0. The summed E-state index contributed by atoms with van der Waals surface area (Å²) >= 11 is 4.94. The molecule has 0 aliphatic rings. The number of furan rings is 1. The van der Waals surface area contributed by atoms with E-state index in [1.54, 1.807) is 6.07 Å². The van der Waals surface area contributed by atoms with E-state index in [-0.39, 0.29) is 5.76 Å². The van der Waals surface area contributed by atoms with Crippen molar-refractivity contribution in [1.29, 1.82) is 0 Å². The number of thioether (sulfide) groups is 1. The minimum absolute atomic E-state index is 0.239. The Hall–Kier alpha value is -1.40. The van der Waals surface area contributed by atoms with Crippen LogP contribution in [-0.4, -0.2) is 13.1 Å². The predicted molar refractivity (Wildman–Crippen MR) is 78.2 cm³/mol. The summed E-state index contributed by atoms with van der Waals surface area (Å²) in [5.74, 6) is 0.355. The van der Waals surface area contributed by atoms with Crippen molar-refractivity contribution in [3.63, 3.8) is 0 Å². The second-order valence-corrected chi connectivity index (χ2v) is 5.67. The van der Waals surface area contributed by atoms with E-state index in [0.29, 0.717) is 11.4 Å². The highest BCUT2D eigenvalue weighted by Gasteiger charge is 2.16. The largest absolute Gasteiger partial charge is 0.463 e. The Kier molecular flexibility index (Phi) is 4.55. The third-order valence-electron chi connectivity index (χ3n) is 2.48. The number of hydrogen-bond acceptors (Lipinski definition) is 5. The molecule has 0 bridgehead atoms. The van der Waals surface area contributed by atoms with Crippen molar-refractivity contribution in [3.8, 4) is 0 Å². The van der Waals surface area contributed by atoms with Crippen LogP contribution in [0.25, 0.3) is 0 Å². The van der Waals surface area contributed by atoms with Crippen molar-refractivity contribution in [2.75, 3.05) is 12.8 Å². The van der Waals surface area contributed by atoms with Crippen LogP contribution in [-0.2, 0) is 10.5 Å². The van der Waals surface area contributed by atoms with Crippen LogP contribution in [0.1, 0.15) is 16.1 Å². The van der Waals surface area contributed by atoms with Gasteiger partial charge in [0.15, 0.2) is 0 Å². The van der Waals surface area contributed by atoms with Gasteiger partial charge in [-0.25, -0.2) is 4.79 Å². The van der Waals surface area contributed by atoms with E-state index in [1.165, 1.54) is 25.1 Å². The summed E-state index contributed by atoms with van der Waals surface area (Å²) in [6.45, 7) is 0. The highest BCUT2D eigenvalue weighted by atomic mass is 79.9. The molecule has 0 aliphatic carbocycles. The third-order valence-corrected chi connectivity index (χ3v) is 4.09. The van der Waals surface area contributed by atoms with Gasteiger partial charge in [-0.15, -0.1) is 11.8 Å². The number of anilines is 1. The van der Waals surface area contributed by atoms with E-state index in [0.717, 1.165) is 14.9 Å². The number of carbonyl (C=O) groups excluding carboxylic acids is 1. The number of benzene rings is 1. The Morgan fingerprint density at radius 2 is 2.26 bits per heavy atom. The molecule has 2 rings (SSSR count). The number of rotatable bonds is 4. The maximum atomic E-state index is 11.5. The lowest BCUT2D eigenvalue weighted by Crippen LogP contribution is -2.02.